The maximum atomic E-state index is 11.0. The Bertz CT molecular complexity index is 297. The van der Waals surface area contributed by atoms with Crippen molar-refractivity contribution in [3.05, 3.63) is 0 Å². The zero-order valence-electron chi connectivity index (χ0n) is 9.87. The van der Waals surface area contributed by atoms with Crippen molar-refractivity contribution in [2.45, 2.75) is 52.2 Å². The summed E-state index contributed by atoms with van der Waals surface area (Å²) in [5.41, 5.74) is -0.0479. The third-order valence-electron chi connectivity index (χ3n) is 4.76. The summed E-state index contributed by atoms with van der Waals surface area (Å²) in [5.74, 6) is -1.02. The molecular weight excluding hydrogens is 192 g/mol. The predicted octanol–water partition coefficient (Wildman–Crippen LogP) is 0.966. The van der Waals surface area contributed by atoms with Crippen molar-refractivity contribution >= 4 is 5.97 Å². The summed E-state index contributed by atoms with van der Waals surface area (Å²) >= 11 is 0. The lowest BCUT2D eigenvalue weighted by molar-refractivity contribution is -0.317. The van der Waals surface area contributed by atoms with Gasteiger partial charge in [0.25, 0.3) is 0 Å². The normalized spacial score (nSPS) is 43.5. The van der Waals surface area contributed by atoms with Crippen molar-refractivity contribution in [1.82, 2.24) is 0 Å². The summed E-state index contributed by atoms with van der Waals surface area (Å²) in [7, 11) is 0. The molecule has 0 N–H and O–H groups in total. The molecule has 0 radical (unpaired) electrons. The van der Waals surface area contributed by atoms with Crippen LogP contribution in [0.2, 0.25) is 0 Å². The van der Waals surface area contributed by atoms with Crippen LogP contribution in [-0.2, 0) is 9.53 Å². The van der Waals surface area contributed by atoms with Gasteiger partial charge in [-0.25, -0.2) is 0 Å². The molecule has 0 aromatic rings. The van der Waals surface area contributed by atoms with Crippen LogP contribution >= 0.6 is 0 Å². The highest BCUT2D eigenvalue weighted by molar-refractivity contribution is 5.68. The van der Waals surface area contributed by atoms with Gasteiger partial charge in [-0.1, -0.05) is 20.8 Å². The Labute approximate surface area is 90.8 Å². The molecule has 0 amide bonds. The van der Waals surface area contributed by atoms with E-state index in [2.05, 4.69) is 20.8 Å². The topological polar surface area (TPSA) is 52.7 Å². The number of epoxide rings is 1. The molecule has 2 aliphatic rings. The van der Waals surface area contributed by atoms with Gasteiger partial charge in [-0.15, -0.1) is 0 Å². The molecule has 1 saturated heterocycles. The quantitative estimate of drug-likeness (QED) is 0.653. The standard InChI is InChI=1S/C12H20O3/c1-5-8(10(13)14)9-6-12(7(2)15-12)11(9,3)4/h7-9H,5-6H2,1-4H3,(H,13,14)/p-1. The first-order chi connectivity index (χ1) is 6.87. The molecule has 1 spiro atoms. The predicted molar refractivity (Wildman–Crippen MR) is 54.0 cm³/mol. The Morgan fingerprint density at radius 1 is 1.60 bits per heavy atom. The molecule has 15 heavy (non-hydrogen) atoms. The first-order valence-corrected chi connectivity index (χ1v) is 5.75. The van der Waals surface area contributed by atoms with Crippen molar-refractivity contribution < 1.29 is 14.6 Å². The fraction of sp³-hybridized carbons (Fsp3) is 0.917. The van der Waals surface area contributed by atoms with Gasteiger partial charge in [-0.05, 0) is 31.1 Å². The summed E-state index contributed by atoms with van der Waals surface area (Å²) in [6.45, 7) is 8.23. The van der Waals surface area contributed by atoms with E-state index in [0.29, 0.717) is 12.5 Å². The van der Waals surface area contributed by atoms with Crippen molar-refractivity contribution in [3.63, 3.8) is 0 Å². The molecule has 1 saturated carbocycles. The number of carboxylic acids is 1. The zero-order chi connectivity index (χ0) is 11.4. The smallest absolute Gasteiger partial charge is 0.100 e. The molecule has 0 bridgehead atoms. The number of hydrogen-bond donors (Lipinski definition) is 0. The molecule has 1 aliphatic heterocycles. The van der Waals surface area contributed by atoms with Crippen molar-refractivity contribution in [1.29, 1.82) is 0 Å². The highest BCUT2D eigenvalue weighted by Crippen LogP contribution is 2.68. The molecule has 86 valence electrons. The average Bonchev–Trinajstić information content (AvgIpc) is 2.80. The summed E-state index contributed by atoms with van der Waals surface area (Å²) in [6, 6.07) is 0. The molecule has 2 fully saturated rings. The molecule has 1 heterocycles. The second-order valence-electron chi connectivity index (χ2n) is 5.52. The minimum absolute atomic E-state index is 0.0207. The van der Waals surface area contributed by atoms with E-state index >= 15 is 0 Å². The van der Waals surface area contributed by atoms with E-state index in [1.54, 1.807) is 0 Å². The van der Waals surface area contributed by atoms with Gasteiger partial charge in [-0.2, -0.15) is 0 Å². The largest absolute Gasteiger partial charge is 0.550 e. The van der Waals surface area contributed by atoms with Crippen LogP contribution in [0.1, 0.15) is 40.5 Å². The molecular formula is C12H19O3-. The van der Waals surface area contributed by atoms with Crippen LogP contribution < -0.4 is 5.11 Å². The zero-order valence-corrected chi connectivity index (χ0v) is 9.87. The summed E-state index contributed by atoms with van der Waals surface area (Å²) < 4.78 is 5.65. The van der Waals surface area contributed by atoms with Gasteiger partial charge in [-0.3, -0.25) is 0 Å². The maximum Gasteiger partial charge on any atom is 0.100 e. The molecule has 3 nitrogen and oxygen atoms in total. The highest BCUT2D eigenvalue weighted by Gasteiger charge is 2.73. The fourth-order valence-corrected chi connectivity index (χ4v) is 3.46. The number of carbonyl (C=O) groups excluding carboxylic acids is 1. The van der Waals surface area contributed by atoms with Crippen molar-refractivity contribution in [2.24, 2.45) is 17.3 Å². The van der Waals surface area contributed by atoms with Crippen LogP contribution in [0.15, 0.2) is 0 Å². The first-order valence-electron chi connectivity index (χ1n) is 5.75. The Hall–Kier alpha value is -0.570. The van der Waals surface area contributed by atoms with Crippen LogP contribution in [0.5, 0.6) is 0 Å². The van der Waals surface area contributed by atoms with Crippen LogP contribution in [0.4, 0.5) is 0 Å². The van der Waals surface area contributed by atoms with Crippen LogP contribution in [0.25, 0.3) is 0 Å². The molecule has 0 aromatic heterocycles. The van der Waals surface area contributed by atoms with Crippen molar-refractivity contribution in [2.75, 3.05) is 0 Å². The maximum absolute atomic E-state index is 11.0. The van der Waals surface area contributed by atoms with E-state index < -0.39 is 5.97 Å². The summed E-state index contributed by atoms with van der Waals surface area (Å²) in [4.78, 5) is 11.0. The van der Waals surface area contributed by atoms with Gasteiger partial charge >= 0.3 is 0 Å². The van der Waals surface area contributed by atoms with E-state index in [1.807, 2.05) is 6.92 Å². The van der Waals surface area contributed by atoms with Crippen LogP contribution in [0.3, 0.4) is 0 Å². The van der Waals surface area contributed by atoms with E-state index in [1.165, 1.54) is 0 Å². The van der Waals surface area contributed by atoms with Crippen LogP contribution in [0, 0.1) is 17.3 Å². The van der Waals surface area contributed by atoms with E-state index in [0.717, 1.165) is 6.42 Å². The number of ether oxygens (including phenoxy) is 1. The SMILES string of the molecule is CCC(C(=O)[O-])C1CC2(OC2C)C1(C)C. The minimum atomic E-state index is -0.904. The van der Waals surface area contributed by atoms with Gasteiger partial charge in [0.1, 0.15) is 5.60 Å². The molecule has 1 aliphatic carbocycles. The third-order valence-corrected chi connectivity index (χ3v) is 4.76. The number of hydrogen-bond acceptors (Lipinski definition) is 3. The third kappa shape index (κ3) is 1.19. The number of rotatable bonds is 3. The van der Waals surface area contributed by atoms with Crippen LogP contribution in [-0.4, -0.2) is 17.7 Å². The van der Waals surface area contributed by atoms with Gasteiger partial charge in [0.15, 0.2) is 0 Å². The Morgan fingerprint density at radius 3 is 2.40 bits per heavy atom. The Kier molecular flexibility index (Phi) is 2.16. The Balaban J connectivity index is 2.12. The minimum Gasteiger partial charge on any atom is -0.550 e. The second-order valence-corrected chi connectivity index (χ2v) is 5.52. The number of carboxylic acid groups (broad SMARTS) is 1. The van der Waals surface area contributed by atoms with E-state index in [4.69, 9.17) is 4.74 Å². The second kappa shape index (κ2) is 2.97. The fourth-order valence-electron chi connectivity index (χ4n) is 3.46. The molecule has 3 heteroatoms. The summed E-state index contributed by atoms with van der Waals surface area (Å²) in [6.07, 6.45) is 1.83. The average molecular weight is 211 g/mol. The number of carbonyl (C=O) groups is 1. The van der Waals surface area contributed by atoms with Gasteiger partial charge in [0.2, 0.25) is 0 Å². The number of aliphatic carboxylic acids is 1. The summed E-state index contributed by atoms with van der Waals surface area (Å²) in [5, 5.41) is 11.0. The van der Waals surface area contributed by atoms with Gasteiger partial charge < -0.3 is 14.6 Å². The van der Waals surface area contributed by atoms with Gasteiger partial charge in [0.05, 0.1) is 6.10 Å². The lowest BCUT2D eigenvalue weighted by Crippen LogP contribution is -2.58. The monoisotopic (exact) mass is 211 g/mol. The Morgan fingerprint density at radius 2 is 2.13 bits per heavy atom. The molecule has 2 rings (SSSR count). The van der Waals surface area contributed by atoms with Gasteiger partial charge in [0, 0.05) is 11.9 Å². The molecule has 4 atom stereocenters. The lowest BCUT2D eigenvalue weighted by Gasteiger charge is -2.54. The molecule has 4 unspecified atom stereocenters. The van der Waals surface area contributed by atoms with E-state index in [-0.39, 0.29) is 22.9 Å². The van der Waals surface area contributed by atoms with E-state index in [9.17, 15) is 9.90 Å². The van der Waals surface area contributed by atoms with Crippen molar-refractivity contribution in [3.8, 4) is 0 Å². The molecule has 0 aromatic carbocycles. The lowest BCUT2D eigenvalue weighted by atomic mass is 9.49. The first kappa shape index (κ1) is 10.9. The highest BCUT2D eigenvalue weighted by atomic mass is 16.6.